The summed E-state index contributed by atoms with van der Waals surface area (Å²) in [6.45, 7) is 5.14. The Balaban J connectivity index is 1.80. The van der Waals surface area contributed by atoms with Gasteiger partial charge in [0.15, 0.2) is 5.65 Å². The molecule has 0 unspecified atom stereocenters. The minimum atomic E-state index is -1.17. The van der Waals surface area contributed by atoms with Crippen molar-refractivity contribution in [2.45, 2.75) is 45.4 Å². The average molecular weight is 424 g/mol. The standard InChI is InChI=1S/C22H24N4O5/c1-22(2,3)31-21(29)26-17(20(28)30-13-14-8-5-4-6-9-14)12-16-19(27)25-15-10-7-11-23-18(15)24-16/h4-11,17H,12-13H2,1-3H3,(H,25,27)(H,26,29)/t17-/m0/s1. The van der Waals surface area contributed by atoms with Crippen molar-refractivity contribution in [1.82, 2.24) is 20.3 Å². The Hall–Kier alpha value is -3.75. The van der Waals surface area contributed by atoms with Crippen LogP contribution in [-0.2, 0) is 27.3 Å². The van der Waals surface area contributed by atoms with E-state index < -0.39 is 29.3 Å². The second kappa shape index (κ2) is 9.38. The first-order valence-electron chi connectivity index (χ1n) is 9.75. The van der Waals surface area contributed by atoms with Gasteiger partial charge in [-0.1, -0.05) is 30.3 Å². The number of esters is 1. The van der Waals surface area contributed by atoms with Crippen LogP contribution in [0.2, 0.25) is 0 Å². The molecule has 31 heavy (non-hydrogen) atoms. The van der Waals surface area contributed by atoms with Crippen molar-refractivity contribution < 1.29 is 19.1 Å². The number of H-pyrrole nitrogens is 1. The highest BCUT2D eigenvalue weighted by Gasteiger charge is 2.27. The molecule has 0 aliphatic carbocycles. The maximum absolute atomic E-state index is 12.7. The molecule has 1 aromatic carbocycles. The summed E-state index contributed by atoms with van der Waals surface area (Å²) in [4.78, 5) is 48.5. The summed E-state index contributed by atoms with van der Waals surface area (Å²) in [5, 5.41) is 2.48. The van der Waals surface area contributed by atoms with Gasteiger partial charge in [0.05, 0.1) is 5.52 Å². The van der Waals surface area contributed by atoms with Crippen molar-refractivity contribution in [2.75, 3.05) is 0 Å². The number of pyridine rings is 1. The molecule has 0 radical (unpaired) electrons. The smallest absolute Gasteiger partial charge is 0.408 e. The lowest BCUT2D eigenvalue weighted by molar-refractivity contribution is -0.147. The molecule has 9 heteroatoms. The monoisotopic (exact) mass is 424 g/mol. The number of alkyl carbamates (subject to hydrolysis) is 1. The van der Waals surface area contributed by atoms with Crippen LogP contribution >= 0.6 is 0 Å². The third-order valence-corrected chi connectivity index (χ3v) is 4.13. The molecule has 2 heterocycles. The molecule has 0 saturated heterocycles. The molecule has 3 rings (SSSR count). The molecule has 162 valence electrons. The maximum Gasteiger partial charge on any atom is 0.408 e. The van der Waals surface area contributed by atoms with Crippen molar-refractivity contribution in [3.05, 3.63) is 70.3 Å². The molecule has 0 spiro atoms. The van der Waals surface area contributed by atoms with Crippen molar-refractivity contribution >= 4 is 23.2 Å². The Bertz CT molecular complexity index is 1120. The number of aromatic amines is 1. The van der Waals surface area contributed by atoms with Gasteiger partial charge in [-0.2, -0.15) is 0 Å². The predicted molar refractivity (Wildman–Crippen MR) is 113 cm³/mol. The molecule has 0 bridgehead atoms. The lowest BCUT2D eigenvalue weighted by Gasteiger charge is -2.22. The van der Waals surface area contributed by atoms with Gasteiger partial charge in [0.25, 0.3) is 5.56 Å². The Morgan fingerprint density at radius 3 is 2.58 bits per heavy atom. The van der Waals surface area contributed by atoms with Crippen LogP contribution in [0, 0.1) is 0 Å². The fourth-order valence-corrected chi connectivity index (χ4v) is 2.76. The SMILES string of the molecule is CC(C)(C)OC(=O)N[C@@H](Cc1nc2ncccc2[nH]c1=O)C(=O)OCc1ccccc1. The average Bonchev–Trinajstić information content (AvgIpc) is 2.71. The molecule has 1 amide bonds. The highest BCUT2D eigenvalue weighted by Crippen LogP contribution is 2.10. The van der Waals surface area contributed by atoms with E-state index in [1.54, 1.807) is 39.1 Å². The molecule has 0 saturated carbocycles. The van der Waals surface area contributed by atoms with Crippen LogP contribution in [0.5, 0.6) is 0 Å². The minimum Gasteiger partial charge on any atom is -0.459 e. The lowest BCUT2D eigenvalue weighted by atomic mass is 10.1. The summed E-state index contributed by atoms with van der Waals surface area (Å²) in [5.41, 5.74) is 0.393. The molecule has 0 fully saturated rings. The Morgan fingerprint density at radius 1 is 1.13 bits per heavy atom. The van der Waals surface area contributed by atoms with Gasteiger partial charge >= 0.3 is 12.1 Å². The van der Waals surface area contributed by atoms with E-state index >= 15 is 0 Å². The normalized spacial score (nSPS) is 12.2. The number of nitrogens with one attached hydrogen (secondary N) is 2. The molecule has 2 aromatic heterocycles. The number of ether oxygens (including phenoxy) is 2. The number of hydrogen-bond acceptors (Lipinski definition) is 7. The van der Waals surface area contributed by atoms with Crippen LogP contribution in [-0.4, -0.2) is 38.7 Å². The van der Waals surface area contributed by atoms with Crippen LogP contribution in [0.25, 0.3) is 11.2 Å². The zero-order valence-corrected chi connectivity index (χ0v) is 17.5. The van der Waals surface area contributed by atoms with E-state index in [0.29, 0.717) is 11.2 Å². The largest absolute Gasteiger partial charge is 0.459 e. The molecule has 1 atom stereocenters. The molecule has 0 aliphatic rings. The number of carbonyl (C=O) groups excluding carboxylic acids is 2. The summed E-state index contributed by atoms with van der Waals surface area (Å²) in [5.74, 6) is -0.711. The van der Waals surface area contributed by atoms with Crippen molar-refractivity contribution in [2.24, 2.45) is 0 Å². The van der Waals surface area contributed by atoms with E-state index in [0.717, 1.165) is 5.56 Å². The van der Waals surface area contributed by atoms with Crippen LogP contribution < -0.4 is 10.9 Å². The molecule has 9 nitrogen and oxygen atoms in total. The number of rotatable bonds is 6. The van der Waals surface area contributed by atoms with Crippen molar-refractivity contribution in [1.29, 1.82) is 0 Å². The van der Waals surface area contributed by atoms with Gasteiger partial charge in [-0.25, -0.2) is 19.6 Å². The van der Waals surface area contributed by atoms with Gasteiger partial charge < -0.3 is 19.8 Å². The number of fused-ring (bicyclic) bond motifs is 1. The van der Waals surface area contributed by atoms with Gasteiger partial charge in [0.2, 0.25) is 0 Å². The molecule has 3 aromatic rings. The molecule has 0 aliphatic heterocycles. The van der Waals surface area contributed by atoms with Gasteiger partial charge in [0.1, 0.15) is 23.9 Å². The fraction of sp³-hybridized carbons (Fsp3) is 0.318. The Labute approximate surface area is 178 Å². The van der Waals surface area contributed by atoms with Gasteiger partial charge in [0, 0.05) is 12.6 Å². The van der Waals surface area contributed by atoms with Crippen molar-refractivity contribution in [3.63, 3.8) is 0 Å². The van der Waals surface area contributed by atoms with E-state index in [2.05, 4.69) is 20.3 Å². The van der Waals surface area contributed by atoms with Crippen LogP contribution in [0.1, 0.15) is 32.0 Å². The highest BCUT2D eigenvalue weighted by molar-refractivity contribution is 5.81. The van der Waals surface area contributed by atoms with E-state index in [9.17, 15) is 14.4 Å². The number of hydrogen-bond donors (Lipinski definition) is 2. The van der Waals surface area contributed by atoms with E-state index in [1.165, 1.54) is 0 Å². The second-order valence-electron chi connectivity index (χ2n) is 7.88. The number of benzene rings is 1. The molecular weight excluding hydrogens is 400 g/mol. The van der Waals surface area contributed by atoms with E-state index in [-0.39, 0.29) is 18.7 Å². The topological polar surface area (TPSA) is 123 Å². The summed E-state index contributed by atoms with van der Waals surface area (Å²) in [7, 11) is 0. The fourth-order valence-electron chi connectivity index (χ4n) is 2.76. The zero-order chi connectivity index (χ0) is 22.4. The number of aromatic nitrogens is 3. The van der Waals surface area contributed by atoms with Crippen LogP contribution in [0.3, 0.4) is 0 Å². The third kappa shape index (κ3) is 6.36. The number of amides is 1. The number of carbonyl (C=O) groups is 2. The Kier molecular flexibility index (Phi) is 6.64. The zero-order valence-electron chi connectivity index (χ0n) is 17.5. The minimum absolute atomic E-state index is 0.0230. The highest BCUT2D eigenvalue weighted by atomic mass is 16.6. The number of nitrogens with zero attached hydrogens (tertiary/aromatic N) is 2. The predicted octanol–water partition coefficient (Wildman–Crippen LogP) is 2.50. The third-order valence-electron chi connectivity index (χ3n) is 4.13. The summed E-state index contributed by atoms with van der Waals surface area (Å²) < 4.78 is 10.6. The van der Waals surface area contributed by atoms with Crippen molar-refractivity contribution in [3.8, 4) is 0 Å². The molecular formula is C22H24N4O5. The lowest BCUT2D eigenvalue weighted by Crippen LogP contribution is -2.46. The van der Waals surface area contributed by atoms with E-state index in [4.69, 9.17) is 9.47 Å². The van der Waals surface area contributed by atoms with Gasteiger partial charge in [-0.05, 0) is 38.5 Å². The second-order valence-corrected chi connectivity index (χ2v) is 7.88. The van der Waals surface area contributed by atoms with Crippen LogP contribution in [0.15, 0.2) is 53.5 Å². The summed E-state index contributed by atoms with van der Waals surface area (Å²) in [6, 6.07) is 11.3. The maximum atomic E-state index is 12.7. The first-order valence-corrected chi connectivity index (χ1v) is 9.75. The van der Waals surface area contributed by atoms with Crippen LogP contribution in [0.4, 0.5) is 4.79 Å². The first-order chi connectivity index (χ1) is 14.7. The molecule has 2 N–H and O–H groups in total. The van der Waals surface area contributed by atoms with E-state index in [1.807, 2.05) is 30.3 Å². The Morgan fingerprint density at radius 2 is 1.87 bits per heavy atom. The quantitative estimate of drug-likeness (QED) is 0.583. The first kappa shape index (κ1) is 21.9. The summed E-state index contributed by atoms with van der Waals surface area (Å²) in [6.07, 6.45) is 0.556. The van der Waals surface area contributed by atoms with Gasteiger partial charge in [-0.3, -0.25) is 4.79 Å². The van der Waals surface area contributed by atoms with Gasteiger partial charge in [-0.15, -0.1) is 0 Å². The summed E-state index contributed by atoms with van der Waals surface area (Å²) >= 11 is 0.